The third kappa shape index (κ3) is 2.90. The van der Waals surface area contributed by atoms with Crippen molar-refractivity contribution < 1.29 is 14.4 Å². The molecule has 3 aromatic carbocycles. The monoisotopic (exact) mass is 404 g/mol. The Morgan fingerprint density at radius 3 is 2.00 bits per heavy atom. The lowest BCUT2D eigenvalue weighted by molar-refractivity contribution is -0.126. The van der Waals surface area contributed by atoms with Gasteiger partial charge in [-0.25, -0.2) is 9.96 Å². The van der Waals surface area contributed by atoms with Crippen LogP contribution >= 0.6 is 11.6 Å². The molecule has 0 radical (unpaired) electrons. The Kier molecular flexibility index (Phi) is 4.34. The van der Waals surface area contributed by atoms with Gasteiger partial charge >= 0.3 is 0 Å². The smallest absolute Gasteiger partial charge is 0.266 e. The summed E-state index contributed by atoms with van der Waals surface area (Å²) in [5, 5.41) is 2.27. The molecule has 0 saturated carbocycles. The standard InChI is InChI=1S/C23H17ClN2O3/c24-16-11-13-18(14-12-16)26-20(15-7-3-1-4-8-15)19-21(29-26)23(28)25(22(19)27)17-9-5-2-6-10-17/h1-14,19-21H. The number of para-hydroxylation sites is 1. The first-order chi connectivity index (χ1) is 14.1. The van der Waals surface area contributed by atoms with Gasteiger partial charge in [-0.05, 0) is 42.0 Å². The number of amides is 2. The van der Waals surface area contributed by atoms with Crippen LogP contribution in [-0.2, 0) is 14.4 Å². The van der Waals surface area contributed by atoms with Crippen LogP contribution in [-0.4, -0.2) is 17.9 Å². The van der Waals surface area contributed by atoms with Crippen LogP contribution in [0.15, 0.2) is 84.9 Å². The Morgan fingerprint density at radius 1 is 0.724 bits per heavy atom. The molecule has 144 valence electrons. The highest BCUT2D eigenvalue weighted by molar-refractivity contribution is 6.30. The summed E-state index contributed by atoms with van der Waals surface area (Å²) in [6.07, 6.45) is -0.872. The second-order valence-electron chi connectivity index (χ2n) is 7.06. The molecule has 5 nitrogen and oxygen atoms in total. The fourth-order valence-electron chi connectivity index (χ4n) is 4.05. The summed E-state index contributed by atoms with van der Waals surface area (Å²) in [6, 6.07) is 25.4. The van der Waals surface area contributed by atoms with E-state index in [1.54, 1.807) is 41.5 Å². The van der Waals surface area contributed by atoms with Gasteiger partial charge < -0.3 is 0 Å². The van der Waals surface area contributed by atoms with E-state index in [0.717, 1.165) is 11.3 Å². The molecular weight excluding hydrogens is 388 g/mol. The van der Waals surface area contributed by atoms with E-state index in [-0.39, 0.29) is 11.8 Å². The van der Waals surface area contributed by atoms with Gasteiger partial charge in [-0.3, -0.25) is 14.4 Å². The van der Waals surface area contributed by atoms with Crippen LogP contribution in [0.2, 0.25) is 5.02 Å². The summed E-state index contributed by atoms with van der Waals surface area (Å²) >= 11 is 6.03. The lowest BCUT2D eigenvalue weighted by Gasteiger charge is -2.28. The number of benzene rings is 3. The van der Waals surface area contributed by atoms with Crippen molar-refractivity contribution in [3.63, 3.8) is 0 Å². The van der Waals surface area contributed by atoms with E-state index in [9.17, 15) is 9.59 Å². The van der Waals surface area contributed by atoms with E-state index in [1.165, 1.54) is 4.90 Å². The molecule has 3 aromatic rings. The van der Waals surface area contributed by atoms with Gasteiger partial charge in [-0.2, -0.15) is 0 Å². The minimum absolute atomic E-state index is 0.253. The van der Waals surface area contributed by atoms with Crippen molar-refractivity contribution in [2.24, 2.45) is 5.92 Å². The Balaban J connectivity index is 1.58. The summed E-state index contributed by atoms with van der Waals surface area (Å²) in [7, 11) is 0. The van der Waals surface area contributed by atoms with Crippen molar-refractivity contribution in [1.82, 2.24) is 0 Å². The quantitative estimate of drug-likeness (QED) is 0.607. The van der Waals surface area contributed by atoms with Crippen LogP contribution < -0.4 is 9.96 Å². The first-order valence-electron chi connectivity index (χ1n) is 9.34. The minimum atomic E-state index is -0.872. The third-order valence-electron chi connectivity index (χ3n) is 5.35. The Hall–Kier alpha value is -3.15. The largest absolute Gasteiger partial charge is 0.273 e. The second kappa shape index (κ2) is 7.03. The number of carbonyl (C=O) groups excluding carboxylic acids is 2. The molecule has 0 N–H and O–H groups in total. The molecule has 2 amide bonds. The number of carbonyl (C=O) groups is 2. The van der Waals surface area contributed by atoms with E-state index >= 15 is 0 Å². The lowest BCUT2D eigenvalue weighted by Crippen LogP contribution is -2.37. The van der Waals surface area contributed by atoms with Gasteiger partial charge in [-0.1, -0.05) is 60.1 Å². The number of imide groups is 1. The highest BCUT2D eigenvalue weighted by atomic mass is 35.5. The zero-order valence-corrected chi connectivity index (χ0v) is 16.1. The third-order valence-corrected chi connectivity index (χ3v) is 5.60. The van der Waals surface area contributed by atoms with Crippen molar-refractivity contribution in [3.05, 3.63) is 95.5 Å². The summed E-state index contributed by atoms with van der Waals surface area (Å²) in [6.45, 7) is 0. The SMILES string of the molecule is O=C1C2ON(c3ccc(Cl)cc3)C(c3ccccc3)C2C(=O)N1c1ccccc1. The topological polar surface area (TPSA) is 49.9 Å². The molecule has 3 unspecified atom stereocenters. The number of fused-ring (bicyclic) bond motifs is 1. The molecule has 0 aromatic heterocycles. The van der Waals surface area contributed by atoms with Crippen LogP contribution in [0, 0.1) is 5.92 Å². The van der Waals surface area contributed by atoms with Crippen molar-refractivity contribution in [2.45, 2.75) is 12.1 Å². The molecule has 3 atom stereocenters. The Morgan fingerprint density at radius 2 is 1.34 bits per heavy atom. The highest BCUT2D eigenvalue weighted by Gasteiger charge is 2.60. The van der Waals surface area contributed by atoms with Gasteiger partial charge in [0.1, 0.15) is 5.92 Å². The summed E-state index contributed by atoms with van der Waals surface area (Å²) in [5.41, 5.74) is 2.21. The second-order valence-corrected chi connectivity index (χ2v) is 7.49. The maximum absolute atomic E-state index is 13.4. The molecule has 0 aliphatic carbocycles. The molecule has 2 fully saturated rings. The molecule has 0 bridgehead atoms. The number of anilines is 2. The average molecular weight is 405 g/mol. The molecule has 29 heavy (non-hydrogen) atoms. The van der Waals surface area contributed by atoms with Crippen LogP contribution in [0.25, 0.3) is 0 Å². The van der Waals surface area contributed by atoms with E-state index in [4.69, 9.17) is 16.4 Å². The fraction of sp³-hybridized carbons (Fsp3) is 0.130. The van der Waals surface area contributed by atoms with Crippen LogP contribution in [0.3, 0.4) is 0 Å². The molecule has 0 spiro atoms. The van der Waals surface area contributed by atoms with Gasteiger partial charge in [0.15, 0.2) is 6.10 Å². The molecule has 5 rings (SSSR count). The zero-order chi connectivity index (χ0) is 20.0. The molecule has 2 aliphatic rings. The molecular formula is C23H17ClN2O3. The summed E-state index contributed by atoms with van der Waals surface area (Å²) in [5.74, 6) is -1.24. The number of hydrogen-bond acceptors (Lipinski definition) is 4. The van der Waals surface area contributed by atoms with Crippen molar-refractivity contribution in [3.8, 4) is 0 Å². The van der Waals surface area contributed by atoms with Gasteiger partial charge in [-0.15, -0.1) is 0 Å². The molecule has 2 heterocycles. The predicted octanol–water partition coefficient (Wildman–Crippen LogP) is 4.39. The van der Waals surface area contributed by atoms with Crippen LogP contribution in [0.5, 0.6) is 0 Å². The van der Waals surface area contributed by atoms with Crippen LogP contribution in [0.1, 0.15) is 11.6 Å². The minimum Gasteiger partial charge on any atom is -0.273 e. The lowest BCUT2D eigenvalue weighted by atomic mass is 9.90. The van der Waals surface area contributed by atoms with E-state index in [2.05, 4.69) is 0 Å². The van der Waals surface area contributed by atoms with Crippen molar-refractivity contribution in [2.75, 3.05) is 9.96 Å². The number of halogens is 1. The maximum Gasteiger partial charge on any atom is 0.266 e. The van der Waals surface area contributed by atoms with Crippen molar-refractivity contribution in [1.29, 1.82) is 0 Å². The summed E-state index contributed by atoms with van der Waals surface area (Å²) in [4.78, 5) is 33.9. The highest BCUT2D eigenvalue weighted by Crippen LogP contribution is 2.47. The first-order valence-corrected chi connectivity index (χ1v) is 9.72. The number of nitrogens with zero attached hydrogens (tertiary/aromatic N) is 2. The zero-order valence-electron chi connectivity index (χ0n) is 15.3. The van der Waals surface area contributed by atoms with E-state index in [1.807, 2.05) is 48.5 Å². The number of rotatable bonds is 3. The fourth-order valence-corrected chi connectivity index (χ4v) is 4.17. The van der Waals surface area contributed by atoms with Crippen LogP contribution in [0.4, 0.5) is 11.4 Å². The van der Waals surface area contributed by atoms with Gasteiger partial charge in [0.25, 0.3) is 5.91 Å². The van der Waals surface area contributed by atoms with E-state index < -0.39 is 18.1 Å². The average Bonchev–Trinajstić information content (AvgIpc) is 3.26. The Bertz CT molecular complexity index is 1060. The van der Waals surface area contributed by atoms with E-state index in [0.29, 0.717) is 10.7 Å². The normalized spacial score (nSPS) is 23.6. The molecule has 2 saturated heterocycles. The predicted molar refractivity (Wildman–Crippen MR) is 110 cm³/mol. The first kappa shape index (κ1) is 17.9. The van der Waals surface area contributed by atoms with Gasteiger partial charge in [0, 0.05) is 5.02 Å². The van der Waals surface area contributed by atoms with Crippen molar-refractivity contribution >= 4 is 34.8 Å². The maximum atomic E-state index is 13.4. The molecule has 6 heteroatoms. The Labute approximate surface area is 173 Å². The van der Waals surface area contributed by atoms with Gasteiger partial charge in [0.2, 0.25) is 5.91 Å². The van der Waals surface area contributed by atoms with Gasteiger partial charge in [0.05, 0.1) is 17.4 Å². The summed E-state index contributed by atoms with van der Waals surface area (Å²) < 4.78 is 0. The number of hydrogen-bond donors (Lipinski definition) is 0. The number of hydroxylamine groups is 1. The molecule has 2 aliphatic heterocycles.